The fourth-order valence-electron chi connectivity index (χ4n) is 1.11. The highest BCUT2D eigenvalue weighted by Crippen LogP contribution is 2.20. The lowest BCUT2D eigenvalue weighted by molar-refractivity contribution is 0.128. The van der Waals surface area contributed by atoms with E-state index in [1.807, 2.05) is 0 Å². The lowest BCUT2D eigenvalue weighted by Crippen LogP contribution is -2.19. The van der Waals surface area contributed by atoms with Gasteiger partial charge in [-0.3, -0.25) is 0 Å². The third kappa shape index (κ3) is 2.67. The normalized spacial score (nSPS) is 11.9. The summed E-state index contributed by atoms with van der Waals surface area (Å²) in [5, 5.41) is 11.2. The molecule has 5 heteroatoms. The minimum Gasteiger partial charge on any atom is -0.380 e. The SMILES string of the molecule is COC(C)CNc1ccc(C#N)c(F)c1F. The van der Waals surface area contributed by atoms with Crippen LogP contribution in [-0.4, -0.2) is 19.8 Å². The molecule has 1 aromatic carbocycles. The van der Waals surface area contributed by atoms with Gasteiger partial charge in [0.1, 0.15) is 6.07 Å². The molecule has 0 amide bonds. The molecule has 1 unspecified atom stereocenters. The zero-order valence-electron chi connectivity index (χ0n) is 9.05. The Morgan fingerprint density at radius 2 is 2.12 bits per heavy atom. The second-order valence-corrected chi connectivity index (χ2v) is 3.33. The van der Waals surface area contributed by atoms with E-state index in [4.69, 9.17) is 10.00 Å². The van der Waals surface area contributed by atoms with E-state index >= 15 is 0 Å². The van der Waals surface area contributed by atoms with Crippen LogP contribution in [0.4, 0.5) is 14.5 Å². The standard InChI is InChI=1S/C11H12F2N2O/c1-7(16-2)6-15-9-4-3-8(5-14)10(12)11(9)13/h3-4,7,15H,6H2,1-2H3. The van der Waals surface area contributed by atoms with Crippen molar-refractivity contribution in [2.45, 2.75) is 13.0 Å². The molecule has 3 nitrogen and oxygen atoms in total. The minimum absolute atomic E-state index is 0.0281. The molecule has 0 radical (unpaired) electrons. The van der Waals surface area contributed by atoms with Crippen molar-refractivity contribution < 1.29 is 13.5 Å². The first kappa shape index (κ1) is 12.4. The smallest absolute Gasteiger partial charge is 0.183 e. The van der Waals surface area contributed by atoms with Gasteiger partial charge >= 0.3 is 0 Å². The summed E-state index contributed by atoms with van der Waals surface area (Å²) >= 11 is 0. The number of nitrogens with one attached hydrogen (secondary N) is 1. The minimum atomic E-state index is -1.13. The first-order valence-electron chi connectivity index (χ1n) is 4.75. The van der Waals surface area contributed by atoms with Crippen molar-refractivity contribution in [3.8, 4) is 6.07 Å². The predicted molar refractivity (Wildman–Crippen MR) is 56.0 cm³/mol. The maximum Gasteiger partial charge on any atom is 0.183 e. The number of benzene rings is 1. The fourth-order valence-corrected chi connectivity index (χ4v) is 1.11. The Morgan fingerprint density at radius 1 is 1.44 bits per heavy atom. The molecule has 0 heterocycles. The lowest BCUT2D eigenvalue weighted by Gasteiger charge is -2.12. The Kier molecular flexibility index (Phi) is 4.20. The molecule has 16 heavy (non-hydrogen) atoms. The van der Waals surface area contributed by atoms with Crippen LogP contribution in [0.15, 0.2) is 12.1 Å². The number of nitrogens with zero attached hydrogens (tertiary/aromatic N) is 1. The maximum absolute atomic E-state index is 13.4. The zero-order chi connectivity index (χ0) is 12.1. The molecule has 0 aliphatic rings. The first-order chi connectivity index (χ1) is 7.60. The Labute approximate surface area is 92.6 Å². The average Bonchev–Trinajstić information content (AvgIpc) is 2.30. The van der Waals surface area contributed by atoms with E-state index in [-0.39, 0.29) is 17.4 Å². The molecule has 1 aromatic rings. The maximum atomic E-state index is 13.4. The van der Waals surface area contributed by atoms with Gasteiger partial charge in [-0.15, -0.1) is 0 Å². The third-order valence-electron chi connectivity index (χ3n) is 2.19. The molecular formula is C11H12F2N2O. The van der Waals surface area contributed by atoms with Gasteiger partial charge in [-0.25, -0.2) is 8.78 Å². The van der Waals surface area contributed by atoms with E-state index in [9.17, 15) is 8.78 Å². The van der Waals surface area contributed by atoms with Gasteiger partial charge in [0.2, 0.25) is 0 Å². The quantitative estimate of drug-likeness (QED) is 0.856. The highest BCUT2D eigenvalue weighted by molar-refractivity contribution is 5.49. The van der Waals surface area contributed by atoms with Crippen LogP contribution in [0.5, 0.6) is 0 Å². The molecule has 1 N–H and O–H groups in total. The number of nitriles is 1. The van der Waals surface area contributed by atoms with Gasteiger partial charge in [-0.05, 0) is 19.1 Å². The summed E-state index contributed by atoms with van der Waals surface area (Å²) in [6.07, 6.45) is -0.113. The first-order valence-corrected chi connectivity index (χ1v) is 4.75. The van der Waals surface area contributed by atoms with E-state index in [1.54, 1.807) is 13.0 Å². The molecule has 1 rings (SSSR count). The Bertz CT molecular complexity index is 415. The number of methoxy groups -OCH3 is 1. The van der Waals surface area contributed by atoms with E-state index in [2.05, 4.69) is 5.32 Å². The van der Waals surface area contributed by atoms with E-state index in [0.717, 1.165) is 0 Å². The number of rotatable bonds is 4. The third-order valence-corrected chi connectivity index (χ3v) is 2.19. The molecule has 0 spiro atoms. The zero-order valence-corrected chi connectivity index (χ0v) is 9.05. The molecule has 0 aliphatic heterocycles. The Morgan fingerprint density at radius 3 is 2.69 bits per heavy atom. The van der Waals surface area contributed by atoms with Crippen molar-refractivity contribution in [3.05, 3.63) is 29.3 Å². The summed E-state index contributed by atoms with van der Waals surface area (Å²) in [5.41, 5.74) is -0.275. The Hall–Kier alpha value is -1.67. The van der Waals surface area contributed by atoms with Crippen molar-refractivity contribution in [2.24, 2.45) is 0 Å². The fraction of sp³-hybridized carbons (Fsp3) is 0.364. The van der Waals surface area contributed by atoms with Crippen LogP contribution in [0.2, 0.25) is 0 Å². The van der Waals surface area contributed by atoms with Crippen LogP contribution < -0.4 is 5.32 Å². The van der Waals surface area contributed by atoms with Crippen LogP contribution in [0.1, 0.15) is 12.5 Å². The summed E-state index contributed by atoms with van der Waals surface area (Å²) in [6.45, 7) is 2.16. The summed E-state index contributed by atoms with van der Waals surface area (Å²) in [5.74, 6) is -2.17. The topological polar surface area (TPSA) is 45.0 Å². The van der Waals surface area contributed by atoms with Crippen LogP contribution in [-0.2, 0) is 4.74 Å². The average molecular weight is 226 g/mol. The molecule has 86 valence electrons. The van der Waals surface area contributed by atoms with E-state index < -0.39 is 11.6 Å². The van der Waals surface area contributed by atoms with Crippen LogP contribution in [0.3, 0.4) is 0 Å². The number of hydrogen-bond donors (Lipinski definition) is 1. The number of ether oxygens (including phenoxy) is 1. The molecule has 0 saturated carbocycles. The summed E-state index contributed by atoms with van der Waals surface area (Å²) < 4.78 is 31.5. The monoisotopic (exact) mass is 226 g/mol. The second kappa shape index (κ2) is 5.42. The van der Waals surface area contributed by atoms with Gasteiger partial charge < -0.3 is 10.1 Å². The van der Waals surface area contributed by atoms with Gasteiger partial charge in [0.05, 0.1) is 17.4 Å². The van der Waals surface area contributed by atoms with Gasteiger partial charge in [-0.1, -0.05) is 0 Å². The van der Waals surface area contributed by atoms with Crippen molar-refractivity contribution in [1.29, 1.82) is 5.26 Å². The summed E-state index contributed by atoms with van der Waals surface area (Å²) in [7, 11) is 1.53. The highest BCUT2D eigenvalue weighted by atomic mass is 19.2. The number of halogens is 2. The van der Waals surface area contributed by atoms with Gasteiger partial charge in [0.25, 0.3) is 0 Å². The summed E-state index contributed by atoms with van der Waals surface area (Å²) in [4.78, 5) is 0. The lowest BCUT2D eigenvalue weighted by atomic mass is 10.2. The van der Waals surface area contributed by atoms with Gasteiger partial charge in [0, 0.05) is 13.7 Å². The Balaban J connectivity index is 2.84. The highest BCUT2D eigenvalue weighted by Gasteiger charge is 2.13. The number of anilines is 1. The molecule has 1 atom stereocenters. The predicted octanol–water partition coefficient (Wildman–Crippen LogP) is 2.28. The molecule has 0 fully saturated rings. The van der Waals surface area contributed by atoms with Crippen LogP contribution >= 0.6 is 0 Å². The van der Waals surface area contributed by atoms with Gasteiger partial charge in [0.15, 0.2) is 11.6 Å². The number of hydrogen-bond acceptors (Lipinski definition) is 3. The largest absolute Gasteiger partial charge is 0.380 e. The van der Waals surface area contributed by atoms with E-state index in [0.29, 0.717) is 6.54 Å². The molecule has 0 bridgehead atoms. The molecule has 0 saturated heterocycles. The van der Waals surface area contributed by atoms with Crippen molar-refractivity contribution in [1.82, 2.24) is 0 Å². The van der Waals surface area contributed by atoms with E-state index in [1.165, 1.54) is 19.2 Å². The van der Waals surface area contributed by atoms with Crippen LogP contribution in [0, 0.1) is 23.0 Å². The molecule has 0 aliphatic carbocycles. The molecular weight excluding hydrogens is 214 g/mol. The second-order valence-electron chi connectivity index (χ2n) is 3.33. The van der Waals surface area contributed by atoms with Crippen molar-refractivity contribution >= 4 is 5.69 Å². The summed E-state index contributed by atoms with van der Waals surface area (Å²) in [6, 6.07) is 4.14. The van der Waals surface area contributed by atoms with Crippen molar-refractivity contribution in [3.63, 3.8) is 0 Å². The molecule has 0 aromatic heterocycles. The van der Waals surface area contributed by atoms with Gasteiger partial charge in [-0.2, -0.15) is 5.26 Å². The van der Waals surface area contributed by atoms with Crippen molar-refractivity contribution in [2.75, 3.05) is 19.0 Å². The van der Waals surface area contributed by atoms with Crippen LogP contribution in [0.25, 0.3) is 0 Å².